The fraction of sp³-hybridized carbons (Fsp3) is 0.300. The molecule has 5 nitrogen and oxygen atoms in total. The lowest BCUT2D eigenvalue weighted by Gasteiger charge is -2.17. The number of carbonyl (C=O) groups excluding carboxylic acids is 1. The average Bonchev–Trinajstić information content (AvgIpc) is 3.10. The number of thioether (sulfide) groups is 1. The summed E-state index contributed by atoms with van der Waals surface area (Å²) in [5, 5.41) is 10.1. The summed E-state index contributed by atoms with van der Waals surface area (Å²) in [4.78, 5) is 19.4. The van der Waals surface area contributed by atoms with Crippen LogP contribution in [-0.4, -0.2) is 44.8 Å². The molecule has 0 spiro atoms. The molecule has 0 aliphatic carbocycles. The van der Waals surface area contributed by atoms with Crippen molar-refractivity contribution in [1.29, 1.82) is 0 Å². The molecule has 3 aromatic rings. The van der Waals surface area contributed by atoms with E-state index in [0.29, 0.717) is 23.9 Å². The van der Waals surface area contributed by atoms with Crippen LogP contribution in [0, 0.1) is 12.7 Å². The molecule has 0 fully saturated rings. The molecule has 0 aliphatic heterocycles. The standard InChI is InChI=1S/C20H21FN4OS2/c1-4-25(5-2)18(26)12-27-17-11-10-16(23-24-17)19-13(3)22-20(28-19)14-6-8-15(21)9-7-14/h6-11H,4-5,12H2,1-3H3. The molecule has 0 unspecified atom stereocenters. The molecule has 0 saturated carbocycles. The Labute approximate surface area is 172 Å². The van der Waals surface area contributed by atoms with Crippen molar-refractivity contribution in [3.05, 3.63) is 47.9 Å². The van der Waals surface area contributed by atoms with E-state index in [-0.39, 0.29) is 11.7 Å². The smallest absolute Gasteiger partial charge is 0.232 e. The lowest BCUT2D eigenvalue weighted by molar-refractivity contribution is -0.127. The highest BCUT2D eigenvalue weighted by molar-refractivity contribution is 7.99. The van der Waals surface area contributed by atoms with E-state index < -0.39 is 0 Å². The first-order valence-electron chi connectivity index (χ1n) is 8.99. The highest BCUT2D eigenvalue weighted by Crippen LogP contribution is 2.34. The summed E-state index contributed by atoms with van der Waals surface area (Å²) in [5.41, 5.74) is 2.47. The third-order valence-corrected chi connectivity index (χ3v) is 6.35. The summed E-state index contributed by atoms with van der Waals surface area (Å²) in [6.07, 6.45) is 0. The van der Waals surface area contributed by atoms with Crippen molar-refractivity contribution in [2.24, 2.45) is 0 Å². The Balaban J connectivity index is 1.71. The van der Waals surface area contributed by atoms with Crippen LogP contribution in [-0.2, 0) is 4.79 Å². The van der Waals surface area contributed by atoms with E-state index >= 15 is 0 Å². The van der Waals surface area contributed by atoms with Gasteiger partial charge in [-0.2, -0.15) is 0 Å². The summed E-state index contributed by atoms with van der Waals surface area (Å²) in [7, 11) is 0. The lowest BCUT2D eigenvalue weighted by Crippen LogP contribution is -2.31. The number of hydrogen-bond acceptors (Lipinski definition) is 6. The van der Waals surface area contributed by atoms with E-state index in [2.05, 4.69) is 15.2 Å². The number of thiazole rings is 1. The monoisotopic (exact) mass is 416 g/mol. The minimum absolute atomic E-state index is 0.100. The van der Waals surface area contributed by atoms with Crippen LogP contribution in [0.3, 0.4) is 0 Å². The maximum Gasteiger partial charge on any atom is 0.232 e. The number of carbonyl (C=O) groups is 1. The Morgan fingerprint density at radius 2 is 1.82 bits per heavy atom. The van der Waals surface area contributed by atoms with Gasteiger partial charge in [-0.1, -0.05) is 11.8 Å². The predicted molar refractivity (Wildman–Crippen MR) is 112 cm³/mol. The highest BCUT2D eigenvalue weighted by atomic mass is 32.2. The van der Waals surface area contributed by atoms with Crippen LogP contribution in [0.4, 0.5) is 4.39 Å². The van der Waals surface area contributed by atoms with Crippen LogP contribution in [0.1, 0.15) is 19.5 Å². The molecule has 1 amide bonds. The van der Waals surface area contributed by atoms with Crippen molar-refractivity contribution in [3.8, 4) is 21.1 Å². The van der Waals surface area contributed by atoms with Crippen molar-refractivity contribution in [1.82, 2.24) is 20.1 Å². The molecular weight excluding hydrogens is 395 g/mol. The number of aromatic nitrogens is 3. The molecule has 28 heavy (non-hydrogen) atoms. The largest absolute Gasteiger partial charge is 0.343 e. The zero-order chi connectivity index (χ0) is 20.1. The van der Waals surface area contributed by atoms with Gasteiger partial charge < -0.3 is 4.90 Å². The Kier molecular flexibility index (Phi) is 6.74. The molecular formula is C20H21FN4OS2. The van der Waals surface area contributed by atoms with E-state index in [1.165, 1.54) is 35.2 Å². The van der Waals surface area contributed by atoms with Crippen LogP contribution in [0.2, 0.25) is 0 Å². The van der Waals surface area contributed by atoms with Gasteiger partial charge in [0.25, 0.3) is 0 Å². The Morgan fingerprint density at radius 3 is 2.43 bits per heavy atom. The van der Waals surface area contributed by atoms with E-state index in [0.717, 1.165) is 26.8 Å². The number of benzene rings is 1. The van der Waals surface area contributed by atoms with Crippen molar-refractivity contribution in [3.63, 3.8) is 0 Å². The number of nitrogens with zero attached hydrogens (tertiary/aromatic N) is 4. The van der Waals surface area contributed by atoms with Crippen LogP contribution in [0.25, 0.3) is 21.1 Å². The molecule has 0 N–H and O–H groups in total. The number of hydrogen-bond donors (Lipinski definition) is 0. The molecule has 0 bridgehead atoms. The maximum atomic E-state index is 13.1. The summed E-state index contributed by atoms with van der Waals surface area (Å²) in [6.45, 7) is 7.28. The first-order chi connectivity index (χ1) is 13.5. The predicted octanol–water partition coefficient (Wildman–Crippen LogP) is 4.68. The van der Waals surface area contributed by atoms with Crippen molar-refractivity contribution in [2.45, 2.75) is 25.8 Å². The second-order valence-electron chi connectivity index (χ2n) is 6.05. The second-order valence-corrected chi connectivity index (χ2v) is 8.05. The van der Waals surface area contributed by atoms with Gasteiger partial charge in [0, 0.05) is 18.7 Å². The molecule has 146 valence electrons. The third kappa shape index (κ3) is 4.74. The van der Waals surface area contributed by atoms with Crippen LogP contribution < -0.4 is 0 Å². The van der Waals surface area contributed by atoms with Gasteiger partial charge in [0.05, 0.1) is 16.3 Å². The zero-order valence-corrected chi connectivity index (χ0v) is 17.6. The Morgan fingerprint density at radius 1 is 1.11 bits per heavy atom. The van der Waals surface area contributed by atoms with Crippen molar-refractivity contribution >= 4 is 29.0 Å². The normalized spacial score (nSPS) is 10.9. The minimum atomic E-state index is -0.268. The zero-order valence-electron chi connectivity index (χ0n) is 16.0. The van der Waals surface area contributed by atoms with Crippen LogP contribution in [0.5, 0.6) is 0 Å². The summed E-state index contributed by atoms with van der Waals surface area (Å²) >= 11 is 2.89. The molecule has 2 heterocycles. The third-order valence-electron chi connectivity index (χ3n) is 4.22. The molecule has 0 radical (unpaired) electrons. The quantitative estimate of drug-likeness (QED) is 0.524. The van der Waals surface area contributed by atoms with Gasteiger partial charge >= 0.3 is 0 Å². The van der Waals surface area contributed by atoms with E-state index in [1.54, 1.807) is 17.0 Å². The Bertz CT molecular complexity index is 938. The first kappa shape index (κ1) is 20.4. The van der Waals surface area contributed by atoms with Gasteiger partial charge in [-0.3, -0.25) is 4.79 Å². The molecule has 2 aromatic heterocycles. The number of aryl methyl sites for hydroxylation is 1. The van der Waals surface area contributed by atoms with Gasteiger partial charge in [0.2, 0.25) is 5.91 Å². The molecule has 0 atom stereocenters. The summed E-state index contributed by atoms with van der Waals surface area (Å²) in [5.74, 6) is 0.183. The maximum absolute atomic E-state index is 13.1. The fourth-order valence-corrected chi connectivity index (χ4v) is 4.42. The van der Waals surface area contributed by atoms with Gasteiger partial charge in [-0.05, 0) is 57.2 Å². The second kappa shape index (κ2) is 9.25. The first-order valence-corrected chi connectivity index (χ1v) is 10.8. The van der Waals surface area contributed by atoms with E-state index in [4.69, 9.17) is 0 Å². The number of amides is 1. The lowest BCUT2D eigenvalue weighted by atomic mass is 10.2. The average molecular weight is 417 g/mol. The van der Waals surface area contributed by atoms with Crippen molar-refractivity contribution < 1.29 is 9.18 Å². The van der Waals surface area contributed by atoms with Crippen molar-refractivity contribution in [2.75, 3.05) is 18.8 Å². The SMILES string of the molecule is CCN(CC)C(=O)CSc1ccc(-c2sc(-c3ccc(F)cc3)nc2C)nn1. The van der Waals surface area contributed by atoms with E-state index in [9.17, 15) is 9.18 Å². The summed E-state index contributed by atoms with van der Waals surface area (Å²) in [6, 6.07) is 10.1. The van der Waals surface area contributed by atoms with Gasteiger partial charge in [0.1, 0.15) is 21.5 Å². The van der Waals surface area contributed by atoms with Gasteiger partial charge in [0.15, 0.2) is 0 Å². The van der Waals surface area contributed by atoms with Crippen LogP contribution >= 0.6 is 23.1 Å². The minimum Gasteiger partial charge on any atom is -0.343 e. The van der Waals surface area contributed by atoms with E-state index in [1.807, 2.05) is 32.9 Å². The fourth-order valence-electron chi connectivity index (χ4n) is 2.67. The number of rotatable bonds is 7. The van der Waals surface area contributed by atoms with Gasteiger partial charge in [-0.15, -0.1) is 21.5 Å². The molecule has 3 rings (SSSR count). The highest BCUT2D eigenvalue weighted by Gasteiger charge is 2.14. The summed E-state index contributed by atoms with van der Waals surface area (Å²) < 4.78 is 13.1. The number of halogens is 1. The molecule has 0 saturated heterocycles. The molecule has 0 aliphatic rings. The molecule has 1 aromatic carbocycles. The molecule has 8 heteroatoms. The Hall–Kier alpha value is -2.32. The van der Waals surface area contributed by atoms with Crippen LogP contribution in [0.15, 0.2) is 41.4 Å². The topological polar surface area (TPSA) is 59.0 Å². The van der Waals surface area contributed by atoms with Gasteiger partial charge in [-0.25, -0.2) is 9.37 Å².